The molecule has 0 amide bonds. The van der Waals surface area contributed by atoms with Crippen molar-refractivity contribution in [1.82, 2.24) is 0 Å². The zero-order chi connectivity index (χ0) is 45.5. The lowest BCUT2D eigenvalue weighted by Gasteiger charge is -2.40. The first-order chi connectivity index (χ1) is 30.0. The molecule has 0 aromatic carbocycles. The molecule has 62 heavy (non-hydrogen) atoms. The number of unbranched alkanes of at least 4 members (excludes halogenated alkanes) is 23. The summed E-state index contributed by atoms with van der Waals surface area (Å²) in [5.41, 5.74) is 0. The standard InChI is InChI=1S/C49H88O12S/c1-3-5-7-9-11-13-15-17-19-21-23-25-27-29-31-33-35-37-44(50)58-39-42(40-59-49-48(54)47(53)46(52)43(61-49)41-62(55,56)57)60-45(51)38-36-34-32-30-28-26-24-22-20-18-16-14-12-10-8-6-4-2/h18,20,24,26,30,32,42-43,46-49,52-54H,3-17,19,21-23,25,27-29,31,33-41H2,1-2H3,(H,55,56,57)/b20-18+,26-24+,32-30+/t42-,43-,46-,47?,48?,49+/m1/s1. The van der Waals surface area contributed by atoms with Crippen LogP contribution in [-0.4, -0.2) is 96.0 Å². The van der Waals surface area contributed by atoms with Crippen LogP contribution in [0.4, 0.5) is 0 Å². The smallest absolute Gasteiger partial charge is 0.306 e. The molecule has 0 spiro atoms. The number of allylic oxidation sites excluding steroid dienone is 6. The van der Waals surface area contributed by atoms with Gasteiger partial charge in [-0.05, 0) is 44.9 Å². The molecule has 0 saturated carbocycles. The average Bonchev–Trinajstić information content (AvgIpc) is 3.24. The van der Waals surface area contributed by atoms with Crippen LogP contribution in [0, 0.1) is 0 Å². The Morgan fingerprint density at radius 3 is 1.48 bits per heavy atom. The van der Waals surface area contributed by atoms with Gasteiger partial charge in [-0.15, -0.1) is 0 Å². The van der Waals surface area contributed by atoms with Crippen LogP contribution in [0.25, 0.3) is 0 Å². The average molecular weight is 901 g/mol. The van der Waals surface area contributed by atoms with Crippen LogP contribution < -0.4 is 0 Å². The van der Waals surface area contributed by atoms with Crippen LogP contribution in [0.15, 0.2) is 36.5 Å². The molecule has 6 atom stereocenters. The normalized spacial score (nSPS) is 20.1. The summed E-state index contributed by atoms with van der Waals surface area (Å²) in [5, 5.41) is 30.9. The van der Waals surface area contributed by atoms with E-state index in [4.69, 9.17) is 18.9 Å². The Hall–Kier alpha value is -2.13. The Balaban J connectivity index is 2.44. The van der Waals surface area contributed by atoms with Gasteiger partial charge < -0.3 is 34.3 Å². The maximum Gasteiger partial charge on any atom is 0.306 e. The first-order valence-electron chi connectivity index (χ1n) is 24.5. The van der Waals surface area contributed by atoms with Crippen molar-refractivity contribution in [3.8, 4) is 0 Å². The molecule has 0 radical (unpaired) electrons. The van der Waals surface area contributed by atoms with Crippen LogP contribution >= 0.6 is 0 Å². The van der Waals surface area contributed by atoms with Crippen LogP contribution in [0.1, 0.15) is 206 Å². The third kappa shape index (κ3) is 33.4. The lowest BCUT2D eigenvalue weighted by atomic mass is 10.00. The number of aliphatic hydroxyl groups excluding tert-OH is 3. The van der Waals surface area contributed by atoms with Gasteiger partial charge in [0.1, 0.15) is 36.8 Å². The van der Waals surface area contributed by atoms with Gasteiger partial charge in [0.25, 0.3) is 10.1 Å². The van der Waals surface area contributed by atoms with Crippen molar-refractivity contribution in [3.63, 3.8) is 0 Å². The molecule has 1 saturated heterocycles. The second-order valence-electron chi connectivity index (χ2n) is 17.1. The lowest BCUT2D eigenvalue weighted by molar-refractivity contribution is -0.297. The fourth-order valence-electron chi connectivity index (χ4n) is 7.40. The van der Waals surface area contributed by atoms with Crippen molar-refractivity contribution in [2.45, 2.75) is 243 Å². The Kier molecular flexibility index (Phi) is 36.6. The van der Waals surface area contributed by atoms with Gasteiger partial charge in [0, 0.05) is 12.8 Å². The number of rotatable bonds is 41. The number of aliphatic hydroxyl groups is 3. The minimum Gasteiger partial charge on any atom is -0.462 e. The summed E-state index contributed by atoms with van der Waals surface area (Å²) >= 11 is 0. The van der Waals surface area contributed by atoms with Crippen molar-refractivity contribution in [2.75, 3.05) is 19.0 Å². The van der Waals surface area contributed by atoms with Gasteiger partial charge in [-0.3, -0.25) is 14.1 Å². The van der Waals surface area contributed by atoms with Gasteiger partial charge in [0.15, 0.2) is 12.4 Å². The SMILES string of the molecule is CCCCCCCC/C=C/C/C=C/C/C=C/CCCC(=O)O[C@H](COC(=O)CCCCCCCCCCCCCCCCCCC)CO[C@H]1O[C@H](CS(=O)(=O)O)[C@@H](O)C(O)C1O. The monoisotopic (exact) mass is 901 g/mol. The van der Waals surface area contributed by atoms with Crippen molar-refractivity contribution in [3.05, 3.63) is 36.5 Å². The van der Waals surface area contributed by atoms with Gasteiger partial charge in [-0.25, -0.2) is 0 Å². The zero-order valence-electron chi connectivity index (χ0n) is 38.7. The highest BCUT2D eigenvalue weighted by Gasteiger charge is 2.46. The number of hydrogen-bond acceptors (Lipinski definition) is 11. The first-order valence-corrected chi connectivity index (χ1v) is 26.2. The van der Waals surface area contributed by atoms with E-state index in [1.54, 1.807) is 0 Å². The highest BCUT2D eigenvalue weighted by molar-refractivity contribution is 7.85. The van der Waals surface area contributed by atoms with Crippen molar-refractivity contribution in [2.24, 2.45) is 0 Å². The van der Waals surface area contributed by atoms with Gasteiger partial charge in [-0.2, -0.15) is 8.42 Å². The van der Waals surface area contributed by atoms with Gasteiger partial charge >= 0.3 is 11.9 Å². The van der Waals surface area contributed by atoms with E-state index in [1.807, 2.05) is 12.2 Å². The van der Waals surface area contributed by atoms with E-state index < -0.39 is 71.2 Å². The quantitative estimate of drug-likeness (QED) is 0.0197. The molecule has 13 heteroatoms. The summed E-state index contributed by atoms with van der Waals surface area (Å²) in [7, 11) is -4.61. The van der Waals surface area contributed by atoms with E-state index in [0.717, 1.165) is 38.5 Å². The Morgan fingerprint density at radius 1 is 0.548 bits per heavy atom. The molecular formula is C49H88O12S. The number of ether oxygens (including phenoxy) is 4. The highest BCUT2D eigenvalue weighted by Crippen LogP contribution is 2.24. The van der Waals surface area contributed by atoms with Crippen molar-refractivity contribution in [1.29, 1.82) is 0 Å². The van der Waals surface area contributed by atoms with Crippen LogP contribution in [-0.2, 0) is 38.7 Å². The fourth-order valence-corrected chi connectivity index (χ4v) is 8.09. The van der Waals surface area contributed by atoms with E-state index in [0.29, 0.717) is 19.3 Å². The largest absolute Gasteiger partial charge is 0.462 e. The molecule has 362 valence electrons. The molecule has 0 aliphatic carbocycles. The summed E-state index contributed by atoms with van der Waals surface area (Å²) in [4.78, 5) is 25.4. The molecule has 0 aromatic rings. The van der Waals surface area contributed by atoms with Gasteiger partial charge in [0.05, 0.1) is 6.61 Å². The predicted molar refractivity (Wildman–Crippen MR) is 247 cm³/mol. The summed E-state index contributed by atoms with van der Waals surface area (Å²) in [6.07, 6.45) is 36.2. The molecule has 2 unspecified atom stereocenters. The predicted octanol–water partition coefficient (Wildman–Crippen LogP) is 10.6. The third-order valence-electron chi connectivity index (χ3n) is 11.2. The van der Waals surface area contributed by atoms with E-state index in [2.05, 4.69) is 38.2 Å². The molecule has 0 aromatic heterocycles. The molecule has 1 fully saturated rings. The maximum atomic E-state index is 12.8. The second-order valence-corrected chi connectivity index (χ2v) is 18.6. The van der Waals surface area contributed by atoms with E-state index in [1.165, 1.54) is 122 Å². The fraction of sp³-hybridized carbons (Fsp3) is 0.837. The molecule has 1 rings (SSSR count). The van der Waals surface area contributed by atoms with Crippen molar-refractivity contribution < 1.29 is 56.8 Å². The highest BCUT2D eigenvalue weighted by atomic mass is 32.2. The summed E-state index contributed by atoms with van der Waals surface area (Å²) in [5.74, 6) is -2.04. The molecule has 4 N–H and O–H groups in total. The Labute approximate surface area is 376 Å². The molecule has 12 nitrogen and oxygen atoms in total. The Morgan fingerprint density at radius 2 is 0.984 bits per heavy atom. The first kappa shape index (κ1) is 57.9. The summed E-state index contributed by atoms with van der Waals surface area (Å²) < 4.78 is 54.1. The minimum absolute atomic E-state index is 0.0944. The molecule has 1 aliphatic heterocycles. The number of carbonyl (C=O) groups excluding carboxylic acids is 2. The molecule has 1 aliphatic rings. The lowest BCUT2D eigenvalue weighted by Crippen LogP contribution is -2.60. The van der Waals surface area contributed by atoms with E-state index in [-0.39, 0.29) is 19.4 Å². The third-order valence-corrected chi connectivity index (χ3v) is 12.0. The van der Waals surface area contributed by atoms with Crippen molar-refractivity contribution >= 4 is 22.1 Å². The van der Waals surface area contributed by atoms with Gasteiger partial charge in [0.2, 0.25) is 0 Å². The topological polar surface area (TPSA) is 186 Å². The maximum absolute atomic E-state index is 12.8. The number of esters is 2. The number of hydrogen-bond donors (Lipinski definition) is 4. The molecule has 1 heterocycles. The second kappa shape index (κ2) is 39.3. The minimum atomic E-state index is -4.61. The zero-order valence-corrected chi connectivity index (χ0v) is 39.5. The van der Waals surface area contributed by atoms with Gasteiger partial charge in [-0.1, -0.05) is 185 Å². The van der Waals surface area contributed by atoms with Crippen LogP contribution in [0.5, 0.6) is 0 Å². The van der Waals surface area contributed by atoms with Crippen LogP contribution in [0.3, 0.4) is 0 Å². The van der Waals surface area contributed by atoms with Crippen LogP contribution in [0.2, 0.25) is 0 Å². The van der Waals surface area contributed by atoms with E-state index >= 15 is 0 Å². The summed E-state index contributed by atoms with van der Waals surface area (Å²) in [6.45, 7) is 3.73. The Bertz CT molecular complexity index is 1290. The summed E-state index contributed by atoms with van der Waals surface area (Å²) in [6, 6.07) is 0. The number of carbonyl (C=O) groups is 2. The molecule has 0 bridgehead atoms. The van der Waals surface area contributed by atoms with E-state index in [9.17, 15) is 37.9 Å². The molecular weight excluding hydrogens is 813 g/mol.